The molecule has 1 aromatic rings. The molecule has 0 unspecified atom stereocenters. The maximum Gasteiger partial charge on any atom is 0.137 e. The molecule has 2 nitrogen and oxygen atoms in total. The van der Waals surface area contributed by atoms with Crippen LogP contribution in [0.15, 0.2) is 4.52 Å². The minimum absolute atomic E-state index is 0.657. The van der Waals surface area contributed by atoms with Crippen LogP contribution in [0, 0.1) is 20.8 Å². The van der Waals surface area contributed by atoms with E-state index in [0.29, 0.717) is 11.3 Å². The van der Waals surface area contributed by atoms with E-state index in [-0.39, 0.29) is 0 Å². The van der Waals surface area contributed by atoms with Gasteiger partial charge in [0.05, 0.1) is 5.69 Å². The van der Waals surface area contributed by atoms with Gasteiger partial charge >= 0.3 is 0 Å². The van der Waals surface area contributed by atoms with Crippen LogP contribution < -0.4 is 0 Å². The number of hydrogen-bond donors (Lipinski definition) is 0. The van der Waals surface area contributed by atoms with E-state index in [1.165, 1.54) is 0 Å². The highest BCUT2D eigenvalue weighted by Crippen LogP contribution is 2.08. The summed E-state index contributed by atoms with van der Waals surface area (Å²) in [6, 6.07) is 0. The van der Waals surface area contributed by atoms with Crippen LogP contribution in [0.2, 0.25) is 0 Å². The highest BCUT2D eigenvalue weighted by Gasteiger charge is 2.00. The van der Waals surface area contributed by atoms with Crippen molar-refractivity contribution in [1.82, 2.24) is 5.16 Å². The topological polar surface area (TPSA) is 26.0 Å². The predicted octanol–water partition coefficient (Wildman–Crippen LogP) is 1.35. The van der Waals surface area contributed by atoms with E-state index in [4.69, 9.17) is 11.4 Å². The first kappa shape index (κ1) is 5.35. The van der Waals surface area contributed by atoms with Crippen LogP contribution in [0.4, 0.5) is 0 Å². The lowest BCUT2D eigenvalue weighted by atomic mass is 10.2. The molecule has 1 aromatic heterocycles. The van der Waals surface area contributed by atoms with Crippen LogP contribution in [-0.2, 0) is 0 Å². The third-order valence-corrected chi connectivity index (χ3v) is 1.09. The number of hydrogen-bond acceptors (Lipinski definition) is 2. The van der Waals surface area contributed by atoms with Gasteiger partial charge in [-0.2, -0.15) is 0 Å². The number of rotatable bonds is 0. The van der Waals surface area contributed by atoms with Crippen LogP contribution in [-0.4, -0.2) is 5.16 Å². The Morgan fingerprint density at radius 1 is 1.50 bits per heavy atom. The molecule has 8 heavy (non-hydrogen) atoms. The summed E-state index contributed by atoms with van der Waals surface area (Å²) < 4.78 is 4.72. The summed E-state index contributed by atoms with van der Waals surface area (Å²) in [6.07, 6.45) is 0. The van der Waals surface area contributed by atoms with Gasteiger partial charge < -0.3 is 4.52 Å². The molecule has 0 aliphatic carbocycles. The number of nitrogens with zero attached hydrogens (tertiary/aromatic N) is 1. The van der Waals surface area contributed by atoms with Crippen molar-refractivity contribution in [3.8, 4) is 0 Å². The summed E-state index contributed by atoms with van der Waals surface area (Å²) in [4.78, 5) is 0. The smallest absolute Gasteiger partial charge is 0.137 e. The quantitative estimate of drug-likeness (QED) is 0.502. The maximum absolute atomic E-state index is 5.45. The second-order valence-corrected chi connectivity index (χ2v) is 1.74. The molecule has 2 radical (unpaired) electrons. The molecular weight excluding hydrogens is 102 g/mol. The minimum atomic E-state index is 0.657. The average molecular weight is 109 g/mol. The van der Waals surface area contributed by atoms with Crippen molar-refractivity contribution in [2.45, 2.75) is 13.8 Å². The van der Waals surface area contributed by atoms with Gasteiger partial charge in [0.25, 0.3) is 0 Å². The van der Waals surface area contributed by atoms with Gasteiger partial charge in [0.2, 0.25) is 0 Å². The third kappa shape index (κ3) is 0.619. The first-order chi connectivity index (χ1) is 3.72. The Morgan fingerprint density at radius 3 is 2.25 bits per heavy atom. The molecule has 0 aliphatic heterocycles. The summed E-state index contributed by atoms with van der Waals surface area (Å²) >= 11 is 0. The zero-order chi connectivity index (χ0) is 6.15. The van der Waals surface area contributed by atoms with Gasteiger partial charge in [-0.25, -0.2) is 0 Å². The fraction of sp³-hybridized carbons (Fsp3) is 0.333. The lowest BCUT2D eigenvalue weighted by Crippen LogP contribution is -1.73. The van der Waals surface area contributed by atoms with Crippen molar-refractivity contribution in [3.05, 3.63) is 23.9 Å². The highest BCUT2D eigenvalue weighted by molar-refractivity contribution is 5.23. The van der Waals surface area contributed by atoms with Crippen molar-refractivity contribution in [2.75, 3.05) is 0 Å². The lowest BCUT2D eigenvalue weighted by Gasteiger charge is -1.79. The molecule has 0 saturated heterocycles. The first-order valence-electron chi connectivity index (χ1n) is 2.40. The Bertz CT molecular complexity index is 171. The van der Waals surface area contributed by atoms with E-state index in [1.54, 1.807) is 6.92 Å². The van der Waals surface area contributed by atoms with E-state index in [0.717, 1.165) is 5.69 Å². The Labute approximate surface area is 48.5 Å². The van der Waals surface area contributed by atoms with Gasteiger partial charge in [-0.1, -0.05) is 5.16 Å². The molecule has 0 spiro atoms. The molecular formula is C6H7NO. The fourth-order valence-corrected chi connectivity index (χ4v) is 0.490. The fourth-order valence-electron chi connectivity index (χ4n) is 0.490. The van der Waals surface area contributed by atoms with Crippen LogP contribution in [0.1, 0.15) is 17.0 Å². The SMILES string of the molecule is [CH]c1c(C)noc1C. The van der Waals surface area contributed by atoms with Crippen molar-refractivity contribution in [1.29, 1.82) is 0 Å². The van der Waals surface area contributed by atoms with Crippen LogP contribution in [0.5, 0.6) is 0 Å². The Morgan fingerprint density at radius 2 is 2.12 bits per heavy atom. The van der Waals surface area contributed by atoms with Crippen molar-refractivity contribution in [3.63, 3.8) is 0 Å². The molecule has 0 amide bonds. The van der Waals surface area contributed by atoms with Crippen LogP contribution in [0.3, 0.4) is 0 Å². The van der Waals surface area contributed by atoms with E-state index in [1.807, 2.05) is 6.92 Å². The summed E-state index contributed by atoms with van der Waals surface area (Å²) in [7, 11) is 0. The molecule has 1 heterocycles. The molecule has 0 N–H and O–H groups in total. The number of aryl methyl sites for hydroxylation is 2. The summed E-state index contributed by atoms with van der Waals surface area (Å²) in [5, 5.41) is 3.62. The van der Waals surface area contributed by atoms with E-state index in [9.17, 15) is 0 Å². The second-order valence-electron chi connectivity index (χ2n) is 1.74. The average Bonchev–Trinajstić information content (AvgIpc) is 1.98. The summed E-state index contributed by atoms with van der Waals surface area (Å²) in [6.45, 7) is 9.04. The van der Waals surface area contributed by atoms with Gasteiger partial charge in [-0.3, -0.25) is 0 Å². The lowest BCUT2D eigenvalue weighted by molar-refractivity contribution is 0.393. The van der Waals surface area contributed by atoms with E-state index in [2.05, 4.69) is 5.16 Å². The molecule has 0 fully saturated rings. The van der Waals surface area contributed by atoms with Crippen molar-refractivity contribution >= 4 is 0 Å². The summed E-state index contributed by atoms with van der Waals surface area (Å²) in [5.41, 5.74) is 1.42. The normalized spacial score (nSPS) is 9.88. The first-order valence-corrected chi connectivity index (χ1v) is 2.40. The Balaban J connectivity index is 3.19. The van der Waals surface area contributed by atoms with Gasteiger partial charge in [-0.15, -0.1) is 0 Å². The van der Waals surface area contributed by atoms with Crippen LogP contribution >= 0.6 is 0 Å². The largest absolute Gasteiger partial charge is 0.361 e. The molecule has 0 aromatic carbocycles. The molecule has 0 saturated carbocycles. The van der Waals surface area contributed by atoms with Gasteiger partial charge in [0.15, 0.2) is 0 Å². The van der Waals surface area contributed by atoms with Crippen molar-refractivity contribution < 1.29 is 4.52 Å². The van der Waals surface area contributed by atoms with Gasteiger partial charge in [-0.05, 0) is 13.8 Å². The molecule has 0 aliphatic rings. The monoisotopic (exact) mass is 109 g/mol. The van der Waals surface area contributed by atoms with Crippen LogP contribution in [0.25, 0.3) is 0 Å². The second kappa shape index (κ2) is 1.62. The van der Waals surface area contributed by atoms with E-state index >= 15 is 0 Å². The minimum Gasteiger partial charge on any atom is -0.361 e. The maximum atomic E-state index is 5.45. The van der Waals surface area contributed by atoms with E-state index < -0.39 is 0 Å². The highest BCUT2D eigenvalue weighted by atomic mass is 16.5. The molecule has 0 atom stereocenters. The number of aromatic nitrogens is 1. The zero-order valence-electron chi connectivity index (χ0n) is 4.93. The zero-order valence-corrected chi connectivity index (χ0v) is 4.93. The third-order valence-electron chi connectivity index (χ3n) is 1.09. The van der Waals surface area contributed by atoms with Crippen molar-refractivity contribution in [2.24, 2.45) is 0 Å². The van der Waals surface area contributed by atoms with Gasteiger partial charge in [0, 0.05) is 12.5 Å². The molecule has 1 rings (SSSR count). The van der Waals surface area contributed by atoms with Gasteiger partial charge in [0.1, 0.15) is 5.76 Å². The standard InChI is InChI=1S/C6H7NO/c1-4-5(2)7-8-6(4)3/h1H,2-3H3. The Hall–Kier alpha value is -0.790. The molecule has 0 bridgehead atoms. The molecule has 2 heteroatoms. The molecule has 42 valence electrons. The Kier molecular flexibility index (Phi) is 1.08. The summed E-state index contributed by atoms with van der Waals surface area (Å²) in [5.74, 6) is 0.697. The predicted molar refractivity (Wildman–Crippen MR) is 29.4 cm³/mol.